The lowest BCUT2D eigenvalue weighted by Crippen LogP contribution is -2.31. The van der Waals surface area contributed by atoms with Crippen LogP contribution >= 0.6 is 11.6 Å². The Morgan fingerprint density at radius 2 is 2.21 bits per heavy atom. The van der Waals surface area contributed by atoms with Crippen molar-refractivity contribution in [1.82, 2.24) is 5.43 Å². The molecule has 0 aromatic heterocycles. The zero-order valence-electron chi connectivity index (χ0n) is 10.9. The molecule has 4 unspecified atom stereocenters. The minimum absolute atomic E-state index is 0.0486. The number of halogens is 2. The third-order valence-corrected chi connectivity index (χ3v) is 5.30. The van der Waals surface area contributed by atoms with Gasteiger partial charge in [0.2, 0.25) is 0 Å². The Balaban J connectivity index is 1.75. The van der Waals surface area contributed by atoms with Crippen LogP contribution < -0.4 is 11.3 Å². The van der Waals surface area contributed by atoms with E-state index in [4.69, 9.17) is 17.4 Å². The summed E-state index contributed by atoms with van der Waals surface area (Å²) in [7, 11) is 0. The Hall–Kier alpha value is -0.640. The summed E-state index contributed by atoms with van der Waals surface area (Å²) in [6, 6.07) is 4.45. The van der Waals surface area contributed by atoms with E-state index in [2.05, 4.69) is 5.43 Å². The van der Waals surface area contributed by atoms with E-state index in [1.165, 1.54) is 37.8 Å². The molecule has 1 aromatic rings. The third kappa shape index (κ3) is 2.64. The van der Waals surface area contributed by atoms with Crippen LogP contribution in [0.1, 0.15) is 43.7 Å². The van der Waals surface area contributed by atoms with Gasteiger partial charge in [0, 0.05) is 11.1 Å². The molecule has 2 saturated carbocycles. The molecule has 4 atom stereocenters. The Kier molecular flexibility index (Phi) is 3.79. The first-order valence-corrected chi connectivity index (χ1v) is 7.46. The van der Waals surface area contributed by atoms with Crippen LogP contribution in [-0.2, 0) is 0 Å². The molecule has 0 heterocycles. The van der Waals surface area contributed by atoms with Crippen LogP contribution in [0.4, 0.5) is 4.39 Å². The molecule has 104 valence electrons. The number of hydrogen-bond donors (Lipinski definition) is 2. The first kappa shape index (κ1) is 13.3. The standard InChI is InChI=1S/C15H20ClFN2/c16-14-4-3-12(17)8-13(14)15(19-18)7-11-6-9-1-2-10(11)5-9/h3-4,8-11,15,19H,1-2,5-7,18H2. The summed E-state index contributed by atoms with van der Waals surface area (Å²) in [5.41, 5.74) is 3.61. The normalized spacial score (nSPS) is 30.8. The summed E-state index contributed by atoms with van der Waals surface area (Å²) in [6.45, 7) is 0. The summed E-state index contributed by atoms with van der Waals surface area (Å²) in [6.07, 6.45) is 6.38. The maximum atomic E-state index is 13.4. The number of fused-ring (bicyclic) bond motifs is 2. The summed E-state index contributed by atoms with van der Waals surface area (Å²) < 4.78 is 13.4. The number of hydrazine groups is 1. The monoisotopic (exact) mass is 282 g/mol. The third-order valence-electron chi connectivity index (χ3n) is 4.96. The van der Waals surface area contributed by atoms with Gasteiger partial charge in [-0.25, -0.2) is 4.39 Å². The second-order valence-electron chi connectivity index (χ2n) is 6.06. The highest BCUT2D eigenvalue weighted by molar-refractivity contribution is 6.31. The number of nitrogens with two attached hydrogens (primary N) is 1. The van der Waals surface area contributed by atoms with E-state index in [-0.39, 0.29) is 11.9 Å². The van der Waals surface area contributed by atoms with Crippen LogP contribution in [0.15, 0.2) is 18.2 Å². The van der Waals surface area contributed by atoms with E-state index in [9.17, 15) is 4.39 Å². The number of hydrogen-bond acceptors (Lipinski definition) is 2. The molecule has 19 heavy (non-hydrogen) atoms. The molecule has 4 heteroatoms. The molecule has 2 nitrogen and oxygen atoms in total. The van der Waals surface area contributed by atoms with Gasteiger partial charge < -0.3 is 0 Å². The van der Waals surface area contributed by atoms with Crippen molar-refractivity contribution in [2.75, 3.05) is 0 Å². The highest BCUT2D eigenvalue weighted by Crippen LogP contribution is 2.51. The molecular weight excluding hydrogens is 263 g/mol. The van der Waals surface area contributed by atoms with Crippen LogP contribution in [0.5, 0.6) is 0 Å². The van der Waals surface area contributed by atoms with Crippen molar-refractivity contribution < 1.29 is 4.39 Å². The fourth-order valence-electron chi connectivity index (χ4n) is 4.03. The van der Waals surface area contributed by atoms with Crippen molar-refractivity contribution in [3.05, 3.63) is 34.6 Å². The van der Waals surface area contributed by atoms with Gasteiger partial charge in [0.05, 0.1) is 0 Å². The molecule has 0 aliphatic heterocycles. The molecule has 2 aliphatic carbocycles. The highest BCUT2D eigenvalue weighted by Gasteiger charge is 2.40. The molecule has 1 aromatic carbocycles. The zero-order chi connectivity index (χ0) is 13.4. The molecule has 3 rings (SSSR count). The van der Waals surface area contributed by atoms with E-state index in [1.54, 1.807) is 6.07 Å². The van der Waals surface area contributed by atoms with E-state index in [1.807, 2.05) is 0 Å². The largest absolute Gasteiger partial charge is 0.271 e. The fourth-order valence-corrected chi connectivity index (χ4v) is 4.28. The molecule has 0 amide bonds. The van der Waals surface area contributed by atoms with Crippen LogP contribution in [0, 0.1) is 23.6 Å². The first-order valence-electron chi connectivity index (χ1n) is 7.08. The second-order valence-corrected chi connectivity index (χ2v) is 6.46. The SMILES string of the molecule is NNC(CC1CC2CCC1C2)c1cc(F)ccc1Cl. The van der Waals surface area contributed by atoms with Crippen molar-refractivity contribution in [2.45, 2.75) is 38.1 Å². The van der Waals surface area contributed by atoms with E-state index in [0.717, 1.165) is 23.8 Å². The van der Waals surface area contributed by atoms with E-state index in [0.29, 0.717) is 10.9 Å². The summed E-state index contributed by atoms with van der Waals surface area (Å²) in [5.74, 6) is 7.87. The molecule has 0 saturated heterocycles. The van der Waals surface area contributed by atoms with Crippen LogP contribution in [0.2, 0.25) is 5.02 Å². The highest BCUT2D eigenvalue weighted by atomic mass is 35.5. The lowest BCUT2D eigenvalue weighted by Gasteiger charge is -2.27. The fraction of sp³-hybridized carbons (Fsp3) is 0.600. The van der Waals surface area contributed by atoms with Crippen LogP contribution in [-0.4, -0.2) is 0 Å². The Labute approximate surface area is 118 Å². The molecule has 3 N–H and O–H groups in total. The van der Waals surface area contributed by atoms with Crippen molar-refractivity contribution in [3.8, 4) is 0 Å². The Morgan fingerprint density at radius 3 is 2.84 bits per heavy atom. The van der Waals surface area contributed by atoms with Gasteiger partial charge in [-0.05, 0) is 67.2 Å². The maximum absolute atomic E-state index is 13.4. The van der Waals surface area contributed by atoms with Gasteiger partial charge in [0.15, 0.2) is 0 Å². The molecule has 2 aliphatic rings. The second kappa shape index (κ2) is 5.39. The van der Waals surface area contributed by atoms with Gasteiger partial charge in [-0.15, -0.1) is 0 Å². The average Bonchev–Trinajstić information content (AvgIpc) is 3.01. The minimum atomic E-state index is -0.257. The summed E-state index contributed by atoms with van der Waals surface area (Å²) >= 11 is 6.17. The van der Waals surface area contributed by atoms with E-state index >= 15 is 0 Å². The topological polar surface area (TPSA) is 38.0 Å². The number of benzene rings is 1. The average molecular weight is 283 g/mol. The first-order chi connectivity index (χ1) is 9.17. The van der Waals surface area contributed by atoms with Crippen molar-refractivity contribution in [2.24, 2.45) is 23.6 Å². The molecule has 2 bridgehead atoms. The summed E-state index contributed by atoms with van der Waals surface area (Å²) in [5, 5.41) is 0.590. The van der Waals surface area contributed by atoms with Crippen molar-refractivity contribution in [3.63, 3.8) is 0 Å². The zero-order valence-corrected chi connectivity index (χ0v) is 11.7. The molecular formula is C15H20ClFN2. The molecule has 0 radical (unpaired) electrons. The van der Waals surface area contributed by atoms with Gasteiger partial charge in [-0.3, -0.25) is 11.3 Å². The number of nitrogens with one attached hydrogen (secondary N) is 1. The van der Waals surface area contributed by atoms with Crippen molar-refractivity contribution in [1.29, 1.82) is 0 Å². The summed E-state index contributed by atoms with van der Waals surface area (Å²) in [4.78, 5) is 0. The van der Waals surface area contributed by atoms with Crippen LogP contribution in [0.25, 0.3) is 0 Å². The van der Waals surface area contributed by atoms with Crippen molar-refractivity contribution >= 4 is 11.6 Å². The lowest BCUT2D eigenvalue weighted by atomic mass is 9.83. The lowest BCUT2D eigenvalue weighted by molar-refractivity contribution is 0.280. The van der Waals surface area contributed by atoms with E-state index < -0.39 is 0 Å². The number of rotatable bonds is 4. The smallest absolute Gasteiger partial charge is 0.123 e. The van der Waals surface area contributed by atoms with Crippen LogP contribution in [0.3, 0.4) is 0 Å². The molecule has 0 spiro atoms. The predicted octanol–water partition coefficient (Wildman–Crippen LogP) is 3.81. The molecule has 2 fully saturated rings. The van der Waals surface area contributed by atoms with Gasteiger partial charge >= 0.3 is 0 Å². The van der Waals surface area contributed by atoms with Gasteiger partial charge in [0.1, 0.15) is 5.82 Å². The predicted molar refractivity (Wildman–Crippen MR) is 75.0 cm³/mol. The Bertz CT molecular complexity index is 465. The van der Waals surface area contributed by atoms with Gasteiger partial charge in [-0.2, -0.15) is 0 Å². The maximum Gasteiger partial charge on any atom is 0.123 e. The Morgan fingerprint density at radius 1 is 1.37 bits per heavy atom. The quantitative estimate of drug-likeness (QED) is 0.651. The van der Waals surface area contributed by atoms with Gasteiger partial charge in [-0.1, -0.05) is 18.0 Å². The van der Waals surface area contributed by atoms with Gasteiger partial charge in [0.25, 0.3) is 0 Å². The minimum Gasteiger partial charge on any atom is -0.271 e.